The van der Waals surface area contributed by atoms with Crippen LogP contribution >= 0.6 is 0 Å². The van der Waals surface area contributed by atoms with Crippen molar-refractivity contribution in [2.24, 2.45) is 16.7 Å². The van der Waals surface area contributed by atoms with Crippen molar-refractivity contribution in [1.82, 2.24) is 19.8 Å². The minimum atomic E-state index is -3.85. The number of hydrogen-bond donors (Lipinski definition) is 2. The Morgan fingerprint density at radius 3 is 2.51 bits per heavy atom. The van der Waals surface area contributed by atoms with Crippen LogP contribution in [0.25, 0.3) is 0 Å². The molecule has 55 heavy (non-hydrogen) atoms. The molecule has 1 aromatic rings. The molecule has 0 aromatic heterocycles. The molecule has 1 unspecified atom stereocenters. The topological polar surface area (TPSA) is 187 Å². The van der Waals surface area contributed by atoms with E-state index in [0.29, 0.717) is 43.6 Å². The molecular weight excluding hydrogens is 733 g/mol. The second-order valence-electron chi connectivity index (χ2n) is 16.5. The lowest BCUT2D eigenvalue weighted by atomic mass is 9.85. The van der Waals surface area contributed by atoms with Gasteiger partial charge in [0.15, 0.2) is 17.3 Å². The number of benzene rings is 1. The average Bonchev–Trinajstić information content (AvgIpc) is 4.02. The van der Waals surface area contributed by atoms with Crippen molar-refractivity contribution >= 4 is 39.8 Å². The zero-order valence-corrected chi connectivity index (χ0v) is 33.2. The molecule has 2 N–H and O–H groups in total. The molecule has 2 aliphatic carbocycles. The molecule has 2 saturated carbocycles. The smallest absolute Gasteiger partial charge is 0.410 e. The number of alkyl carbamates (subject to hydrolysis) is 1. The Hall–Kier alpha value is -4.34. The van der Waals surface area contributed by atoms with Gasteiger partial charge in [0.25, 0.3) is 0 Å². The molecule has 3 heterocycles. The van der Waals surface area contributed by atoms with E-state index in [2.05, 4.69) is 10.0 Å². The maximum Gasteiger partial charge on any atom is 0.410 e. The Bertz CT molecular complexity index is 1820. The number of allylic oxidation sites excluding steroid dienone is 1. The number of nitrogens with one attached hydrogen (secondary N) is 2. The van der Waals surface area contributed by atoms with Gasteiger partial charge in [0, 0.05) is 24.9 Å². The monoisotopic (exact) mass is 786 g/mol. The summed E-state index contributed by atoms with van der Waals surface area (Å²) in [6.07, 6.45) is 5.16. The molecule has 4 bridgehead atoms. The first-order valence-electron chi connectivity index (χ1n) is 19.3. The van der Waals surface area contributed by atoms with Crippen LogP contribution in [0.3, 0.4) is 0 Å². The Kier molecular flexibility index (Phi) is 11.7. The molecule has 4 amide bonds. The van der Waals surface area contributed by atoms with Crippen molar-refractivity contribution < 1.29 is 51.3 Å². The molecule has 3 aliphatic heterocycles. The molecule has 302 valence electrons. The maximum absolute atomic E-state index is 14.5. The third-order valence-electron chi connectivity index (χ3n) is 11.4. The zero-order chi connectivity index (χ0) is 39.7. The fourth-order valence-corrected chi connectivity index (χ4v) is 9.34. The van der Waals surface area contributed by atoms with E-state index in [1.807, 2.05) is 25.1 Å². The maximum atomic E-state index is 14.5. The molecule has 5 aliphatic rings. The van der Waals surface area contributed by atoms with E-state index in [1.54, 1.807) is 33.9 Å². The highest BCUT2D eigenvalue weighted by molar-refractivity contribution is 7.90. The summed E-state index contributed by atoms with van der Waals surface area (Å²) in [4.78, 5) is 72.1. The first-order valence-corrected chi connectivity index (χ1v) is 20.9. The van der Waals surface area contributed by atoms with Gasteiger partial charge in [-0.3, -0.25) is 24.0 Å². The Labute approximate surface area is 322 Å². The molecule has 6 rings (SSSR count). The van der Waals surface area contributed by atoms with E-state index in [4.69, 9.17) is 18.9 Å². The van der Waals surface area contributed by atoms with E-state index in [9.17, 15) is 32.4 Å². The fourth-order valence-electron chi connectivity index (χ4n) is 7.95. The number of sulfonamides is 1. The second kappa shape index (κ2) is 16.0. The van der Waals surface area contributed by atoms with Gasteiger partial charge in [-0.05, 0) is 61.5 Å². The summed E-state index contributed by atoms with van der Waals surface area (Å²) in [6.45, 7) is 7.95. The predicted octanol–water partition coefficient (Wildman–Crippen LogP) is 4.36. The van der Waals surface area contributed by atoms with Crippen molar-refractivity contribution in [1.29, 1.82) is 0 Å². The Morgan fingerprint density at radius 1 is 1.07 bits per heavy atom. The average molecular weight is 787 g/mol. The molecule has 0 spiro atoms. The highest BCUT2D eigenvalue weighted by Gasteiger charge is 2.62. The quantitative estimate of drug-likeness (QED) is 0.357. The van der Waals surface area contributed by atoms with Gasteiger partial charge in [0.1, 0.15) is 18.8 Å². The number of rotatable bonds is 8. The van der Waals surface area contributed by atoms with Gasteiger partial charge in [-0.15, -0.1) is 0 Å². The summed E-state index contributed by atoms with van der Waals surface area (Å²) in [5, 5.41) is 2.10. The first kappa shape index (κ1) is 40.3. The van der Waals surface area contributed by atoms with E-state index in [-0.39, 0.29) is 51.6 Å². The lowest BCUT2D eigenvalue weighted by Crippen LogP contribution is -2.57. The third kappa shape index (κ3) is 8.89. The molecule has 3 fully saturated rings. The summed E-state index contributed by atoms with van der Waals surface area (Å²) >= 11 is 0. The zero-order valence-electron chi connectivity index (χ0n) is 32.4. The summed E-state index contributed by atoms with van der Waals surface area (Å²) in [7, 11) is -2.31. The number of cyclic esters (lactones) is 1. The SMILES string of the molecule is CC[C@H]1C[C@@]1(CC(=O)C1C[C@@H]2CN1C(=O)[C@H](C(C)(C)C)NC(=O)OCCCC/C=C/COc1c(OC)ccc3c1CN(C3)C(=O)O2)C(=O)NS(=O)(=O)C1CC1. The number of carbonyl (C=O) groups excluding carboxylic acids is 5. The minimum Gasteiger partial charge on any atom is -0.493 e. The number of carbonyl (C=O) groups is 5. The standard InChI is InChI=1S/C39H54N4O11S/c1-6-25-19-39(25,35(46)41-55(49,50)27-13-14-27)20-30(44)29-18-26-22-43(29)34(45)33(38(2,3)4)40-36(47)53-17-11-9-7-8-10-16-52-32-28-23-42(37(48)54-26)21-24(28)12-15-31(32)51-5/h8,10,12,15,25-27,29,33H,6-7,9,11,13-14,16-23H2,1-5H3,(H,40,47)(H,41,46)/b10-8+/t25-,26+,29?,33+,39-/m0/s1. The van der Waals surface area contributed by atoms with Crippen LogP contribution in [0.1, 0.15) is 96.6 Å². The van der Waals surface area contributed by atoms with Crippen molar-refractivity contribution in [3.63, 3.8) is 0 Å². The van der Waals surface area contributed by atoms with Crippen LogP contribution in [0.4, 0.5) is 9.59 Å². The number of ether oxygens (including phenoxy) is 4. The number of hydrogen-bond acceptors (Lipinski definition) is 11. The third-order valence-corrected chi connectivity index (χ3v) is 13.2. The summed E-state index contributed by atoms with van der Waals surface area (Å²) < 4.78 is 50.9. The van der Waals surface area contributed by atoms with E-state index >= 15 is 0 Å². The van der Waals surface area contributed by atoms with Crippen molar-refractivity contribution in [3.05, 3.63) is 35.4 Å². The van der Waals surface area contributed by atoms with Gasteiger partial charge in [-0.1, -0.05) is 52.3 Å². The molecular formula is C39H54N4O11S. The van der Waals surface area contributed by atoms with E-state index in [1.165, 1.54) is 9.80 Å². The van der Waals surface area contributed by atoms with Crippen LogP contribution in [0.15, 0.2) is 24.3 Å². The molecule has 5 atom stereocenters. The molecule has 16 heteroatoms. The predicted molar refractivity (Wildman–Crippen MR) is 199 cm³/mol. The van der Waals surface area contributed by atoms with E-state index in [0.717, 1.165) is 24.0 Å². The van der Waals surface area contributed by atoms with Gasteiger partial charge in [-0.25, -0.2) is 18.0 Å². The van der Waals surface area contributed by atoms with Crippen LogP contribution < -0.4 is 19.5 Å². The normalized spacial score (nSPS) is 28.4. The van der Waals surface area contributed by atoms with Gasteiger partial charge in [-0.2, -0.15) is 0 Å². The van der Waals surface area contributed by atoms with Crippen molar-refractivity contribution in [2.75, 3.05) is 26.9 Å². The first-order chi connectivity index (χ1) is 26.1. The van der Waals surface area contributed by atoms with Crippen LogP contribution in [-0.4, -0.2) is 98.3 Å². The van der Waals surface area contributed by atoms with Gasteiger partial charge in [0.2, 0.25) is 21.8 Å². The second-order valence-corrected chi connectivity index (χ2v) is 18.4. The van der Waals surface area contributed by atoms with Gasteiger partial charge < -0.3 is 29.2 Å². The van der Waals surface area contributed by atoms with Crippen LogP contribution in [0, 0.1) is 16.7 Å². The van der Waals surface area contributed by atoms with Crippen molar-refractivity contribution in [2.45, 2.75) is 122 Å². The number of methoxy groups -OCH3 is 1. The summed E-state index contributed by atoms with van der Waals surface area (Å²) in [5.74, 6) is -0.855. The number of nitrogens with zero attached hydrogens (tertiary/aromatic N) is 2. The Morgan fingerprint density at radius 2 is 1.84 bits per heavy atom. The number of amides is 4. The molecule has 15 nitrogen and oxygen atoms in total. The minimum absolute atomic E-state index is 0.0399. The lowest BCUT2D eigenvalue weighted by molar-refractivity contribution is -0.142. The van der Waals surface area contributed by atoms with Crippen LogP contribution in [-0.2, 0) is 47.0 Å². The lowest BCUT2D eigenvalue weighted by Gasteiger charge is -2.35. The van der Waals surface area contributed by atoms with Crippen LogP contribution in [0.5, 0.6) is 11.5 Å². The summed E-state index contributed by atoms with van der Waals surface area (Å²) in [6, 6.07) is 1.45. The van der Waals surface area contributed by atoms with Gasteiger partial charge in [0.05, 0.1) is 43.5 Å². The molecule has 1 saturated heterocycles. The molecule has 1 aromatic carbocycles. The highest BCUT2D eigenvalue weighted by Crippen LogP contribution is 2.58. The fraction of sp³-hybridized carbons (Fsp3) is 0.667. The van der Waals surface area contributed by atoms with Gasteiger partial charge >= 0.3 is 12.2 Å². The Balaban J connectivity index is 1.27. The molecule has 0 radical (unpaired) electrons. The summed E-state index contributed by atoms with van der Waals surface area (Å²) in [5.41, 5.74) is -0.382. The number of fused-ring (bicyclic) bond motifs is 3. The number of ketones is 1. The van der Waals surface area contributed by atoms with Crippen LogP contribution in [0.2, 0.25) is 0 Å². The largest absolute Gasteiger partial charge is 0.493 e. The van der Waals surface area contributed by atoms with E-state index < -0.39 is 74.1 Å². The van der Waals surface area contributed by atoms with Crippen molar-refractivity contribution in [3.8, 4) is 11.5 Å². The number of Topliss-reactive ketones (excluding diaryl/α,β-unsaturated/α-hetero) is 1. The highest BCUT2D eigenvalue weighted by atomic mass is 32.2.